The van der Waals surface area contributed by atoms with Gasteiger partial charge < -0.3 is 15.5 Å². The molecule has 1 spiro atoms. The Labute approximate surface area is 204 Å². The molecular formula is C26H28N8O. The minimum Gasteiger partial charge on any atom is -0.404 e. The van der Waals surface area contributed by atoms with Crippen LogP contribution in [-0.4, -0.2) is 64.8 Å². The van der Waals surface area contributed by atoms with Gasteiger partial charge in [-0.1, -0.05) is 0 Å². The number of nitriles is 1. The van der Waals surface area contributed by atoms with Gasteiger partial charge in [0.1, 0.15) is 11.9 Å². The first-order valence-corrected chi connectivity index (χ1v) is 11.7. The number of carbonyl (C=O) groups excluding carboxylic acids is 1. The van der Waals surface area contributed by atoms with Gasteiger partial charge in [-0.15, -0.1) is 0 Å². The van der Waals surface area contributed by atoms with E-state index < -0.39 is 0 Å². The van der Waals surface area contributed by atoms with Crippen LogP contribution in [0.25, 0.3) is 22.2 Å². The fraction of sp³-hybridized carbons (Fsp3) is 0.346. The topological polar surface area (TPSA) is 116 Å². The first kappa shape index (κ1) is 22.6. The van der Waals surface area contributed by atoms with Crippen LogP contribution in [0.2, 0.25) is 0 Å². The highest BCUT2D eigenvalue weighted by atomic mass is 16.2. The van der Waals surface area contributed by atoms with Crippen LogP contribution >= 0.6 is 0 Å². The summed E-state index contributed by atoms with van der Waals surface area (Å²) >= 11 is 0. The smallest absolute Gasteiger partial charge is 0.219 e. The molecule has 0 radical (unpaired) electrons. The second kappa shape index (κ2) is 8.87. The van der Waals surface area contributed by atoms with Gasteiger partial charge in [0.25, 0.3) is 0 Å². The van der Waals surface area contributed by atoms with Crippen LogP contribution in [0.5, 0.6) is 0 Å². The normalized spacial score (nSPS) is 17.7. The third-order valence-corrected chi connectivity index (χ3v) is 7.22. The number of aromatic nitrogens is 3. The van der Waals surface area contributed by atoms with Gasteiger partial charge in [-0.3, -0.25) is 9.79 Å². The lowest BCUT2D eigenvalue weighted by molar-refractivity contribution is -0.142. The van der Waals surface area contributed by atoms with Crippen molar-refractivity contribution in [3.63, 3.8) is 0 Å². The molecule has 2 fully saturated rings. The number of hydrogen-bond donors (Lipinski definition) is 1. The highest BCUT2D eigenvalue weighted by molar-refractivity contribution is 6.10. The van der Waals surface area contributed by atoms with E-state index in [0.29, 0.717) is 5.56 Å². The van der Waals surface area contributed by atoms with Crippen molar-refractivity contribution in [1.82, 2.24) is 19.5 Å². The number of nitrogens with zero attached hydrogens (tertiary/aromatic N) is 7. The summed E-state index contributed by atoms with van der Waals surface area (Å²) in [4.78, 5) is 24.7. The van der Waals surface area contributed by atoms with Crippen LogP contribution in [0.4, 0.5) is 5.82 Å². The Morgan fingerprint density at radius 1 is 1.26 bits per heavy atom. The monoisotopic (exact) mass is 468 g/mol. The molecule has 3 aromatic heterocycles. The van der Waals surface area contributed by atoms with Crippen LogP contribution in [0.3, 0.4) is 0 Å². The summed E-state index contributed by atoms with van der Waals surface area (Å²) in [5.41, 5.74) is 10.7. The van der Waals surface area contributed by atoms with Gasteiger partial charge in [-0.05, 0) is 31.0 Å². The summed E-state index contributed by atoms with van der Waals surface area (Å²) in [7, 11) is 1.69. The number of piperidine rings is 1. The average Bonchev–Trinajstić information content (AvgIpc) is 3.28. The van der Waals surface area contributed by atoms with Crippen LogP contribution in [0.1, 0.15) is 30.9 Å². The third kappa shape index (κ3) is 4.01. The van der Waals surface area contributed by atoms with Gasteiger partial charge in [0.05, 0.1) is 17.3 Å². The Morgan fingerprint density at radius 2 is 2.03 bits per heavy atom. The van der Waals surface area contributed by atoms with Crippen molar-refractivity contribution in [2.45, 2.75) is 19.8 Å². The molecule has 35 heavy (non-hydrogen) atoms. The van der Waals surface area contributed by atoms with E-state index in [0.717, 1.165) is 72.6 Å². The largest absolute Gasteiger partial charge is 0.404 e. The van der Waals surface area contributed by atoms with Crippen molar-refractivity contribution < 1.29 is 4.79 Å². The van der Waals surface area contributed by atoms with Gasteiger partial charge in [0.15, 0.2) is 0 Å². The maximum Gasteiger partial charge on any atom is 0.219 e. The summed E-state index contributed by atoms with van der Waals surface area (Å²) in [5, 5.41) is 14.0. The molecule has 2 aliphatic rings. The van der Waals surface area contributed by atoms with Gasteiger partial charge >= 0.3 is 0 Å². The van der Waals surface area contributed by atoms with Crippen LogP contribution < -0.4 is 10.6 Å². The standard InChI is InChI=1S/C26H28N8O/c1-18(35)33-16-26(17-33)5-7-32(8-6-26)24-4-3-19(13-30-24)23-9-20(21(10-27)12-29-2)15-34-25(23)22(11-28)14-31-34/h3-4,9-10,12-15H,5-8,16-17,27H2,1-2H3. The average molecular weight is 469 g/mol. The van der Waals surface area contributed by atoms with Crippen molar-refractivity contribution in [2.24, 2.45) is 16.1 Å². The number of rotatable bonds is 4. The lowest BCUT2D eigenvalue weighted by Crippen LogP contribution is -2.61. The van der Waals surface area contributed by atoms with Gasteiger partial charge in [0.2, 0.25) is 5.91 Å². The molecule has 3 aromatic rings. The number of allylic oxidation sites excluding steroid dienone is 1. The molecule has 0 saturated carbocycles. The van der Waals surface area contributed by atoms with Crippen molar-refractivity contribution >= 4 is 29.0 Å². The van der Waals surface area contributed by atoms with Crippen molar-refractivity contribution in [1.29, 1.82) is 5.26 Å². The van der Waals surface area contributed by atoms with Gasteiger partial charge in [-0.2, -0.15) is 10.4 Å². The molecule has 0 aliphatic carbocycles. The minimum absolute atomic E-state index is 0.169. The molecule has 178 valence electrons. The number of hydrogen-bond acceptors (Lipinski definition) is 7. The maximum atomic E-state index is 11.6. The Bertz CT molecular complexity index is 1360. The summed E-state index contributed by atoms with van der Waals surface area (Å²) in [6.45, 7) is 5.26. The fourth-order valence-electron chi connectivity index (χ4n) is 5.18. The zero-order valence-corrected chi connectivity index (χ0v) is 20.0. The van der Waals surface area contributed by atoms with E-state index in [2.05, 4.69) is 21.1 Å². The molecule has 0 atom stereocenters. The third-order valence-electron chi connectivity index (χ3n) is 7.22. The van der Waals surface area contributed by atoms with E-state index in [-0.39, 0.29) is 11.3 Å². The number of likely N-dealkylation sites (tertiary alicyclic amines) is 1. The first-order chi connectivity index (χ1) is 17.0. The highest BCUT2D eigenvalue weighted by Crippen LogP contribution is 2.41. The van der Waals surface area contributed by atoms with E-state index in [9.17, 15) is 10.1 Å². The van der Waals surface area contributed by atoms with Gasteiger partial charge in [0, 0.05) is 92.6 Å². The second-order valence-electron chi connectivity index (χ2n) is 9.38. The molecule has 9 heteroatoms. The molecule has 1 amide bonds. The summed E-state index contributed by atoms with van der Waals surface area (Å²) in [6.07, 6.45) is 10.6. The number of amides is 1. The van der Waals surface area contributed by atoms with Crippen LogP contribution in [0.15, 0.2) is 48.0 Å². The molecule has 5 rings (SSSR count). The van der Waals surface area contributed by atoms with Gasteiger partial charge in [-0.25, -0.2) is 9.50 Å². The quantitative estimate of drug-likeness (QED) is 0.589. The predicted molar refractivity (Wildman–Crippen MR) is 136 cm³/mol. The van der Waals surface area contributed by atoms with Crippen molar-refractivity contribution in [3.05, 3.63) is 54.1 Å². The van der Waals surface area contributed by atoms with Crippen LogP contribution in [0, 0.1) is 16.7 Å². The number of nitrogens with two attached hydrogens (primary N) is 1. The second-order valence-corrected chi connectivity index (χ2v) is 9.38. The Hall–Kier alpha value is -4.19. The molecule has 2 saturated heterocycles. The highest BCUT2D eigenvalue weighted by Gasteiger charge is 2.45. The van der Waals surface area contributed by atoms with E-state index in [1.807, 2.05) is 35.5 Å². The Balaban J connectivity index is 1.42. The molecule has 9 nitrogen and oxygen atoms in total. The number of aliphatic imine (C=N–C) groups is 1. The molecule has 0 bridgehead atoms. The van der Waals surface area contributed by atoms with Crippen molar-refractivity contribution in [2.75, 3.05) is 38.1 Å². The molecule has 2 aliphatic heterocycles. The van der Waals surface area contributed by atoms with Crippen molar-refractivity contribution in [3.8, 4) is 17.2 Å². The molecule has 5 heterocycles. The first-order valence-electron chi connectivity index (χ1n) is 11.7. The van der Waals surface area contributed by atoms with E-state index in [1.165, 1.54) is 6.20 Å². The SMILES string of the molecule is CN=CC(=CN)c1cc(-c2ccc(N3CCC4(CC3)CN(C(C)=O)C4)nc2)c2c(C#N)cnn2c1. The van der Waals surface area contributed by atoms with E-state index in [4.69, 9.17) is 10.7 Å². The van der Waals surface area contributed by atoms with E-state index in [1.54, 1.807) is 30.9 Å². The number of carbonyl (C=O) groups is 1. The number of fused-ring (bicyclic) bond motifs is 1. The zero-order valence-electron chi connectivity index (χ0n) is 20.0. The molecular weight excluding hydrogens is 440 g/mol. The number of pyridine rings is 2. The fourth-order valence-corrected chi connectivity index (χ4v) is 5.18. The minimum atomic E-state index is 0.169. The molecule has 0 unspecified atom stereocenters. The summed E-state index contributed by atoms with van der Waals surface area (Å²) < 4.78 is 1.71. The van der Waals surface area contributed by atoms with Crippen LogP contribution in [-0.2, 0) is 4.79 Å². The summed E-state index contributed by atoms with van der Waals surface area (Å²) in [6, 6.07) is 8.31. The molecule has 0 aromatic carbocycles. The zero-order chi connectivity index (χ0) is 24.6. The molecule has 2 N–H and O–H groups in total. The van der Waals surface area contributed by atoms with E-state index >= 15 is 0 Å². The lowest BCUT2D eigenvalue weighted by Gasteiger charge is -2.53. The predicted octanol–water partition coefficient (Wildman–Crippen LogP) is 2.72. The summed E-state index contributed by atoms with van der Waals surface area (Å²) in [5.74, 6) is 1.11. The number of anilines is 1. The maximum absolute atomic E-state index is 11.6. The lowest BCUT2D eigenvalue weighted by atomic mass is 9.72. The Kier molecular flexibility index (Phi) is 5.73. The Morgan fingerprint density at radius 3 is 2.63 bits per heavy atom.